The van der Waals surface area contributed by atoms with Crippen molar-refractivity contribution in [2.45, 2.75) is 31.8 Å². The largest absolute Gasteiger partial charge is 0.481 e. The lowest BCUT2D eigenvalue weighted by Gasteiger charge is -2.18. The minimum Gasteiger partial charge on any atom is -0.481 e. The normalized spacial score (nSPS) is 11.6. The van der Waals surface area contributed by atoms with Crippen LogP contribution < -0.4 is 5.32 Å². The van der Waals surface area contributed by atoms with Crippen LogP contribution in [0, 0.1) is 11.3 Å². The van der Waals surface area contributed by atoms with E-state index < -0.39 is 5.97 Å². The summed E-state index contributed by atoms with van der Waals surface area (Å²) < 4.78 is 0. The summed E-state index contributed by atoms with van der Waals surface area (Å²) in [7, 11) is 0. The number of nitrogens with zero attached hydrogens (tertiary/aromatic N) is 1. The fourth-order valence-electron chi connectivity index (χ4n) is 2.49. The maximum absolute atomic E-state index is 10.9. The maximum atomic E-state index is 10.9. The van der Waals surface area contributed by atoms with Crippen LogP contribution in [0.2, 0.25) is 0 Å². The quantitative estimate of drug-likeness (QED) is 0.786. The predicted molar refractivity (Wildman–Crippen MR) is 88.8 cm³/mol. The van der Waals surface area contributed by atoms with E-state index in [1.54, 1.807) is 6.07 Å². The Labute approximate surface area is 136 Å². The van der Waals surface area contributed by atoms with Gasteiger partial charge in [-0.05, 0) is 36.1 Å². The van der Waals surface area contributed by atoms with E-state index in [1.165, 1.54) is 5.56 Å². The molecule has 2 rings (SSSR count). The summed E-state index contributed by atoms with van der Waals surface area (Å²) in [6.45, 7) is 0.618. The average molecular weight is 308 g/mol. The number of rotatable bonds is 8. The number of nitrogens with one attached hydrogen (secondary N) is 1. The fourth-order valence-corrected chi connectivity index (χ4v) is 2.49. The zero-order valence-corrected chi connectivity index (χ0v) is 12.9. The first kappa shape index (κ1) is 16.7. The molecule has 0 aromatic heterocycles. The van der Waals surface area contributed by atoms with Crippen molar-refractivity contribution in [1.82, 2.24) is 5.32 Å². The third-order valence-corrected chi connectivity index (χ3v) is 3.68. The Morgan fingerprint density at radius 3 is 2.57 bits per heavy atom. The second-order valence-electron chi connectivity index (χ2n) is 5.51. The minimum absolute atomic E-state index is 0.0826. The number of carbonyl (C=O) groups is 1. The molecule has 2 N–H and O–H groups in total. The van der Waals surface area contributed by atoms with Gasteiger partial charge in [-0.1, -0.05) is 42.5 Å². The van der Waals surface area contributed by atoms with Gasteiger partial charge in [0.15, 0.2) is 0 Å². The first-order valence-corrected chi connectivity index (χ1v) is 7.65. The number of carboxylic acid groups (broad SMARTS) is 1. The molecule has 4 nitrogen and oxygen atoms in total. The summed E-state index contributed by atoms with van der Waals surface area (Å²) in [5, 5.41) is 21.3. The van der Waals surface area contributed by atoms with Crippen LogP contribution in [0.3, 0.4) is 0 Å². The lowest BCUT2D eigenvalue weighted by atomic mass is 10.0. The number of hydrogen-bond acceptors (Lipinski definition) is 3. The van der Waals surface area contributed by atoms with Gasteiger partial charge in [-0.2, -0.15) is 5.26 Å². The number of hydrogen-bond donors (Lipinski definition) is 2. The van der Waals surface area contributed by atoms with E-state index in [9.17, 15) is 4.79 Å². The molecule has 23 heavy (non-hydrogen) atoms. The van der Waals surface area contributed by atoms with Gasteiger partial charge < -0.3 is 10.4 Å². The van der Waals surface area contributed by atoms with Crippen LogP contribution in [0.25, 0.3) is 0 Å². The molecular weight excluding hydrogens is 288 g/mol. The first-order chi connectivity index (χ1) is 11.2. The van der Waals surface area contributed by atoms with Crippen LogP contribution in [0.4, 0.5) is 0 Å². The average Bonchev–Trinajstić information content (AvgIpc) is 2.58. The van der Waals surface area contributed by atoms with E-state index in [2.05, 4.69) is 11.4 Å². The summed E-state index contributed by atoms with van der Waals surface area (Å²) in [4.78, 5) is 10.9. The summed E-state index contributed by atoms with van der Waals surface area (Å²) in [6.07, 6.45) is 1.50. The van der Waals surface area contributed by atoms with Gasteiger partial charge in [0.25, 0.3) is 0 Å². The van der Waals surface area contributed by atoms with Gasteiger partial charge in [0.1, 0.15) is 0 Å². The van der Waals surface area contributed by atoms with Crippen LogP contribution in [-0.4, -0.2) is 17.1 Å². The number of nitriles is 1. The van der Waals surface area contributed by atoms with Crippen LogP contribution in [-0.2, 0) is 17.8 Å². The van der Waals surface area contributed by atoms with E-state index in [-0.39, 0.29) is 12.5 Å². The van der Waals surface area contributed by atoms with Crippen molar-refractivity contribution < 1.29 is 9.90 Å². The van der Waals surface area contributed by atoms with Gasteiger partial charge in [0.05, 0.1) is 11.6 Å². The third kappa shape index (κ3) is 5.93. The van der Waals surface area contributed by atoms with E-state index in [1.807, 2.05) is 48.5 Å². The van der Waals surface area contributed by atoms with Gasteiger partial charge >= 0.3 is 5.97 Å². The predicted octanol–water partition coefficient (Wildman–Crippen LogP) is 3.12. The van der Waals surface area contributed by atoms with Gasteiger partial charge in [0.2, 0.25) is 0 Å². The lowest BCUT2D eigenvalue weighted by Crippen LogP contribution is -2.31. The summed E-state index contributed by atoms with van der Waals surface area (Å²) in [6, 6.07) is 19.7. The summed E-state index contributed by atoms with van der Waals surface area (Å²) in [5.41, 5.74) is 2.84. The Kier molecular flexibility index (Phi) is 6.34. The van der Waals surface area contributed by atoms with Crippen LogP contribution in [0.1, 0.15) is 29.5 Å². The monoisotopic (exact) mass is 308 g/mol. The Hall–Kier alpha value is -2.64. The van der Waals surface area contributed by atoms with Crippen molar-refractivity contribution >= 4 is 5.97 Å². The van der Waals surface area contributed by atoms with Crippen molar-refractivity contribution in [2.24, 2.45) is 0 Å². The highest BCUT2D eigenvalue weighted by molar-refractivity contribution is 5.66. The Morgan fingerprint density at radius 2 is 1.87 bits per heavy atom. The molecule has 2 aromatic rings. The fraction of sp³-hybridized carbons (Fsp3) is 0.263. The van der Waals surface area contributed by atoms with Gasteiger partial charge in [0, 0.05) is 19.0 Å². The number of aliphatic carboxylic acids is 1. The molecule has 0 aliphatic carbocycles. The summed E-state index contributed by atoms with van der Waals surface area (Å²) in [5.74, 6) is -0.781. The highest BCUT2D eigenvalue weighted by Gasteiger charge is 2.11. The molecule has 0 fully saturated rings. The van der Waals surface area contributed by atoms with Crippen LogP contribution >= 0.6 is 0 Å². The molecule has 0 saturated heterocycles. The van der Waals surface area contributed by atoms with Gasteiger partial charge in [-0.25, -0.2) is 0 Å². The Balaban J connectivity index is 1.98. The molecule has 4 heteroatoms. The second-order valence-corrected chi connectivity index (χ2v) is 5.51. The Bertz CT molecular complexity index is 677. The number of benzene rings is 2. The molecule has 2 aromatic carbocycles. The van der Waals surface area contributed by atoms with Crippen molar-refractivity contribution in [2.75, 3.05) is 0 Å². The lowest BCUT2D eigenvalue weighted by molar-refractivity contribution is -0.137. The molecule has 0 bridgehead atoms. The molecule has 0 spiro atoms. The third-order valence-electron chi connectivity index (χ3n) is 3.68. The molecule has 1 unspecified atom stereocenters. The first-order valence-electron chi connectivity index (χ1n) is 7.65. The zero-order valence-electron chi connectivity index (χ0n) is 12.9. The molecule has 0 saturated carbocycles. The molecule has 0 amide bonds. The van der Waals surface area contributed by atoms with E-state index >= 15 is 0 Å². The Morgan fingerprint density at radius 1 is 1.13 bits per heavy atom. The second kappa shape index (κ2) is 8.72. The molecule has 0 aliphatic heterocycles. The topological polar surface area (TPSA) is 73.1 Å². The highest BCUT2D eigenvalue weighted by Crippen LogP contribution is 2.10. The van der Waals surface area contributed by atoms with E-state index in [4.69, 9.17) is 10.4 Å². The number of carboxylic acids is 1. The molecular formula is C19H20N2O2. The smallest absolute Gasteiger partial charge is 0.303 e. The molecule has 0 radical (unpaired) electrons. The standard InChI is InChI=1S/C19H20N2O2/c20-13-16-7-4-8-17(11-16)14-21-18(9-10-19(22)23)12-15-5-2-1-3-6-15/h1-8,11,18,21H,9-10,12,14H2,(H,22,23). The zero-order chi connectivity index (χ0) is 16.5. The van der Waals surface area contributed by atoms with Crippen LogP contribution in [0.15, 0.2) is 54.6 Å². The van der Waals surface area contributed by atoms with Crippen molar-refractivity contribution in [1.29, 1.82) is 5.26 Å². The van der Waals surface area contributed by atoms with Crippen molar-refractivity contribution in [3.8, 4) is 6.07 Å². The van der Waals surface area contributed by atoms with Crippen LogP contribution in [0.5, 0.6) is 0 Å². The highest BCUT2D eigenvalue weighted by atomic mass is 16.4. The minimum atomic E-state index is -0.781. The summed E-state index contributed by atoms with van der Waals surface area (Å²) >= 11 is 0. The molecule has 1 atom stereocenters. The van der Waals surface area contributed by atoms with Gasteiger partial charge in [-0.3, -0.25) is 4.79 Å². The molecule has 118 valence electrons. The van der Waals surface area contributed by atoms with Crippen molar-refractivity contribution in [3.63, 3.8) is 0 Å². The molecule has 0 aliphatic rings. The van der Waals surface area contributed by atoms with E-state index in [0.717, 1.165) is 12.0 Å². The molecule has 0 heterocycles. The van der Waals surface area contributed by atoms with E-state index in [0.29, 0.717) is 18.5 Å². The van der Waals surface area contributed by atoms with Gasteiger partial charge in [-0.15, -0.1) is 0 Å². The van der Waals surface area contributed by atoms with Crippen molar-refractivity contribution in [3.05, 3.63) is 71.3 Å². The maximum Gasteiger partial charge on any atom is 0.303 e. The SMILES string of the molecule is N#Cc1cccc(CNC(CCC(=O)O)Cc2ccccc2)c1.